The first-order chi connectivity index (χ1) is 20.0. The van der Waals surface area contributed by atoms with Crippen molar-refractivity contribution in [3.8, 4) is 40.1 Å². The lowest BCUT2D eigenvalue weighted by atomic mass is 9.68. The number of benzene rings is 3. The highest BCUT2D eigenvalue weighted by atomic mass is 16.4. The second-order valence-electron chi connectivity index (χ2n) is 10.9. The number of hydrogen-bond donors (Lipinski definition) is 7. The largest absolute Gasteiger partial charge is 0.508 e. The first-order valence-corrected chi connectivity index (χ1v) is 13.5. The van der Waals surface area contributed by atoms with E-state index in [4.69, 9.17) is 4.42 Å². The summed E-state index contributed by atoms with van der Waals surface area (Å²) in [5, 5.41) is 73.4. The molecule has 1 aliphatic carbocycles. The van der Waals surface area contributed by atoms with E-state index in [0.29, 0.717) is 46.3 Å². The molecule has 0 aliphatic heterocycles. The Morgan fingerprint density at radius 1 is 0.952 bits per heavy atom. The summed E-state index contributed by atoms with van der Waals surface area (Å²) in [7, 11) is 0. The van der Waals surface area contributed by atoms with Crippen molar-refractivity contribution in [3.05, 3.63) is 88.5 Å². The first kappa shape index (κ1) is 28.6. The average molecular weight is 573 g/mol. The van der Waals surface area contributed by atoms with E-state index in [1.54, 1.807) is 37.3 Å². The van der Waals surface area contributed by atoms with E-state index in [1.165, 1.54) is 24.3 Å². The van der Waals surface area contributed by atoms with Gasteiger partial charge in [0.05, 0.1) is 12.5 Å². The Hall–Kier alpha value is -4.89. The van der Waals surface area contributed by atoms with Gasteiger partial charge in [-0.2, -0.15) is 0 Å². The molecule has 1 aromatic heterocycles. The number of aliphatic hydroxyl groups excluding tert-OH is 1. The van der Waals surface area contributed by atoms with Crippen molar-refractivity contribution < 1.29 is 45.0 Å². The second-order valence-corrected chi connectivity index (χ2v) is 10.9. The molecule has 5 rings (SSSR count). The van der Waals surface area contributed by atoms with Gasteiger partial charge in [-0.1, -0.05) is 29.4 Å². The maximum Gasteiger partial charge on any atom is 0.308 e. The van der Waals surface area contributed by atoms with Crippen LogP contribution in [-0.2, 0) is 11.2 Å². The van der Waals surface area contributed by atoms with Gasteiger partial charge in [0.1, 0.15) is 40.1 Å². The van der Waals surface area contributed by atoms with E-state index in [1.807, 2.05) is 6.92 Å². The average Bonchev–Trinajstić information content (AvgIpc) is 3.36. The Morgan fingerprint density at radius 2 is 1.67 bits per heavy atom. The summed E-state index contributed by atoms with van der Waals surface area (Å²) in [4.78, 5) is 12.6. The molecular weight excluding hydrogens is 540 g/mol. The van der Waals surface area contributed by atoms with Crippen LogP contribution in [0.4, 0.5) is 0 Å². The molecule has 0 radical (unpaired) electrons. The van der Waals surface area contributed by atoms with E-state index in [-0.39, 0.29) is 40.9 Å². The number of aromatic hydroxyl groups is 5. The molecule has 0 fully saturated rings. The van der Waals surface area contributed by atoms with Crippen molar-refractivity contribution in [2.75, 3.05) is 6.61 Å². The predicted molar refractivity (Wildman–Crippen MR) is 156 cm³/mol. The van der Waals surface area contributed by atoms with Gasteiger partial charge in [-0.3, -0.25) is 4.79 Å². The third-order valence-electron chi connectivity index (χ3n) is 7.95. The van der Waals surface area contributed by atoms with Gasteiger partial charge in [-0.15, -0.1) is 0 Å². The number of hydrogen-bond acceptors (Lipinski definition) is 8. The molecule has 0 spiro atoms. The number of phenols is 5. The number of carboxylic acid groups (broad SMARTS) is 1. The van der Waals surface area contributed by atoms with Gasteiger partial charge >= 0.3 is 5.97 Å². The Labute approximate surface area is 241 Å². The predicted octanol–water partition coefficient (Wildman–Crippen LogP) is 6.03. The number of carbonyl (C=O) groups is 1. The molecule has 0 saturated heterocycles. The summed E-state index contributed by atoms with van der Waals surface area (Å²) < 4.78 is 6.07. The molecule has 3 atom stereocenters. The summed E-state index contributed by atoms with van der Waals surface area (Å²) >= 11 is 0. The summed E-state index contributed by atoms with van der Waals surface area (Å²) in [6.07, 6.45) is 4.14. The van der Waals surface area contributed by atoms with Gasteiger partial charge < -0.3 is 40.2 Å². The Balaban J connectivity index is 1.57. The fraction of sp³-hybridized carbons (Fsp3) is 0.242. The normalized spacial score (nSPS) is 19.2. The fourth-order valence-corrected chi connectivity index (χ4v) is 5.88. The zero-order chi connectivity index (χ0) is 30.3. The van der Waals surface area contributed by atoms with Crippen LogP contribution in [0.3, 0.4) is 0 Å². The molecule has 0 saturated carbocycles. The van der Waals surface area contributed by atoms with E-state index < -0.39 is 23.7 Å². The zero-order valence-corrected chi connectivity index (χ0v) is 23.1. The van der Waals surface area contributed by atoms with Gasteiger partial charge in [0.15, 0.2) is 0 Å². The molecule has 0 amide bonds. The van der Waals surface area contributed by atoms with Gasteiger partial charge in [-0.25, -0.2) is 0 Å². The van der Waals surface area contributed by atoms with Gasteiger partial charge in [0.2, 0.25) is 0 Å². The van der Waals surface area contributed by atoms with Crippen molar-refractivity contribution in [2.45, 2.75) is 38.5 Å². The van der Waals surface area contributed by atoms with E-state index in [0.717, 1.165) is 17.2 Å². The molecule has 9 heteroatoms. The number of furan rings is 1. The number of fused-ring (bicyclic) bond motifs is 1. The molecule has 1 aliphatic rings. The quantitative estimate of drug-likeness (QED) is 0.131. The van der Waals surface area contributed by atoms with E-state index in [2.05, 4.69) is 0 Å². The molecular formula is C33H32O9. The van der Waals surface area contributed by atoms with E-state index in [9.17, 15) is 40.5 Å². The highest BCUT2D eigenvalue weighted by Gasteiger charge is 2.42. The van der Waals surface area contributed by atoms with Crippen molar-refractivity contribution >= 4 is 16.9 Å². The molecule has 4 aromatic rings. The molecule has 3 unspecified atom stereocenters. The van der Waals surface area contributed by atoms with Crippen molar-refractivity contribution in [2.24, 2.45) is 5.92 Å². The first-order valence-electron chi connectivity index (χ1n) is 13.5. The lowest BCUT2D eigenvalue weighted by Crippen LogP contribution is -2.31. The number of aliphatic hydroxyl groups is 1. The lowest BCUT2D eigenvalue weighted by Gasteiger charge is -2.35. The van der Waals surface area contributed by atoms with Crippen molar-refractivity contribution in [1.29, 1.82) is 0 Å². The lowest BCUT2D eigenvalue weighted by molar-refractivity contribution is -0.143. The minimum Gasteiger partial charge on any atom is -0.508 e. The third-order valence-corrected chi connectivity index (χ3v) is 7.95. The number of phenolic OH excluding ortho intramolecular Hbond substituents is 5. The molecule has 9 nitrogen and oxygen atoms in total. The second kappa shape index (κ2) is 11.2. The van der Waals surface area contributed by atoms with Crippen LogP contribution in [-0.4, -0.2) is 48.3 Å². The molecule has 218 valence electrons. The van der Waals surface area contributed by atoms with Crippen LogP contribution < -0.4 is 0 Å². The summed E-state index contributed by atoms with van der Waals surface area (Å²) in [6, 6.07) is 11.7. The fourth-order valence-electron chi connectivity index (χ4n) is 5.88. The SMILES string of the molecule is CC1=CC(c2c(O)cc(-c3cc4ccc(O)c(C/C=C(\C)CO)c4o3)cc2O)C(C(=O)O)C(c2ccc(O)cc2O)C1. The molecule has 42 heavy (non-hydrogen) atoms. The number of carboxylic acids is 1. The van der Waals surface area contributed by atoms with Crippen LogP contribution in [0.1, 0.15) is 48.8 Å². The smallest absolute Gasteiger partial charge is 0.308 e. The monoisotopic (exact) mass is 572 g/mol. The highest BCUT2D eigenvalue weighted by Crippen LogP contribution is 2.52. The summed E-state index contributed by atoms with van der Waals surface area (Å²) in [6.45, 7) is 3.47. The summed E-state index contributed by atoms with van der Waals surface area (Å²) in [5.41, 5.74) is 3.21. The van der Waals surface area contributed by atoms with E-state index >= 15 is 0 Å². The van der Waals surface area contributed by atoms with Gasteiger partial charge in [0.25, 0.3) is 0 Å². The van der Waals surface area contributed by atoms with Crippen molar-refractivity contribution in [1.82, 2.24) is 0 Å². The number of allylic oxidation sites excluding steroid dienone is 3. The molecule has 0 bridgehead atoms. The van der Waals surface area contributed by atoms with Gasteiger partial charge in [0, 0.05) is 40.0 Å². The zero-order valence-electron chi connectivity index (χ0n) is 23.1. The topological polar surface area (TPSA) is 172 Å². The highest BCUT2D eigenvalue weighted by molar-refractivity contribution is 5.88. The molecule has 7 N–H and O–H groups in total. The number of rotatable bonds is 7. The third kappa shape index (κ3) is 5.26. The van der Waals surface area contributed by atoms with Crippen LogP contribution in [0.25, 0.3) is 22.3 Å². The van der Waals surface area contributed by atoms with Crippen molar-refractivity contribution in [3.63, 3.8) is 0 Å². The van der Waals surface area contributed by atoms with Crippen LogP contribution in [0.15, 0.2) is 76.2 Å². The standard InChI is InChI=1S/C33H32O9/c1-16(15-34)3-6-22-25(36)8-4-18-13-29(42-32(18)22)19-11-27(38)31(28(39)12-19)24-10-17(2)9-23(30(24)33(40)41)21-7-5-20(35)14-26(21)37/h3-5,7-8,10-14,23-24,30,34-39H,6,9,15H2,1-2H3,(H,40,41)/b16-3+. The molecule has 1 heterocycles. The Bertz CT molecular complexity index is 1720. The number of aliphatic carboxylic acids is 1. The van der Waals surface area contributed by atoms with Crippen LogP contribution >= 0.6 is 0 Å². The van der Waals surface area contributed by atoms with Crippen LogP contribution in [0.5, 0.6) is 28.7 Å². The Morgan fingerprint density at radius 3 is 2.31 bits per heavy atom. The summed E-state index contributed by atoms with van der Waals surface area (Å²) in [5.74, 6) is -4.63. The van der Waals surface area contributed by atoms with Gasteiger partial charge in [-0.05, 0) is 68.7 Å². The minimum atomic E-state index is -1.17. The van der Waals surface area contributed by atoms with Crippen LogP contribution in [0.2, 0.25) is 0 Å². The Kier molecular flexibility index (Phi) is 7.62. The van der Waals surface area contributed by atoms with Crippen LogP contribution in [0, 0.1) is 5.92 Å². The minimum absolute atomic E-state index is 0.0276. The molecule has 3 aromatic carbocycles. The maximum absolute atomic E-state index is 12.6. The maximum atomic E-state index is 12.6.